The minimum atomic E-state index is -1.39. The number of unbranched alkanes of at least 4 members (excludes halogenated alkanes) is 19. The molecule has 0 aromatic heterocycles. The molecule has 2 atom stereocenters. The van der Waals surface area contributed by atoms with Crippen LogP contribution in [0.15, 0.2) is 48.6 Å². The number of rotatable bonds is 41. The molecule has 9 nitrogen and oxygen atoms in total. The highest BCUT2D eigenvalue weighted by Gasteiger charge is 2.19. The highest BCUT2D eigenvalue weighted by molar-refractivity contribution is 5.87. The van der Waals surface area contributed by atoms with Gasteiger partial charge in [-0.25, -0.2) is 4.79 Å². The standard InChI is InChI=1S/C48H84N2O7/c1-3-5-7-9-11-13-15-17-18-19-21-23-25-27-32-36-40-47(54)57-43(37-33-29-26-24-22-20-16-14-12-10-8-6-4-2)38-34-30-28-31-35-39-45(52)49-41-46(53)50-44(42-51)48(55)56/h13,15-16,18-20,24,26,43-44,51H,3-12,14,17,21-23,25,27-42H2,1-2H3,(H,49,52)(H,50,53)(H,55,56)/b15-13-,19-18-,20-16-,26-24-. The third-order valence-electron chi connectivity index (χ3n) is 10.0. The summed E-state index contributed by atoms with van der Waals surface area (Å²) in [6.45, 7) is 3.45. The number of ether oxygens (including phenoxy) is 1. The lowest BCUT2D eigenvalue weighted by Crippen LogP contribution is -2.47. The quantitative estimate of drug-likeness (QED) is 0.0274. The first kappa shape index (κ1) is 53.8. The predicted octanol–water partition coefficient (Wildman–Crippen LogP) is 11.5. The van der Waals surface area contributed by atoms with Gasteiger partial charge in [0, 0.05) is 12.8 Å². The summed E-state index contributed by atoms with van der Waals surface area (Å²) in [6.07, 6.45) is 49.9. The van der Waals surface area contributed by atoms with Crippen molar-refractivity contribution in [1.82, 2.24) is 10.6 Å². The van der Waals surface area contributed by atoms with Gasteiger partial charge < -0.3 is 25.6 Å². The number of aliphatic hydroxyl groups excluding tert-OH is 1. The number of nitrogens with one attached hydrogen (secondary N) is 2. The van der Waals surface area contributed by atoms with E-state index in [-0.39, 0.29) is 30.9 Å². The summed E-state index contributed by atoms with van der Waals surface area (Å²) < 4.78 is 6.01. The van der Waals surface area contributed by atoms with Crippen LogP contribution >= 0.6 is 0 Å². The summed E-state index contributed by atoms with van der Waals surface area (Å²) >= 11 is 0. The maximum atomic E-state index is 12.8. The number of carbonyl (C=O) groups is 4. The number of allylic oxidation sites excluding steroid dienone is 8. The first-order valence-corrected chi connectivity index (χ1v) is 23.0. The summed E-state index contributed by atoms with van der Waals surface area (Å²) in [5, 5.41) is 22.6. The van der Waals surface area contributed by atoms with Crippen molar-refractivity contribution in [2.75, 3.05) is 13.2 Å². The van der Waals surface area contributed by atoms with Crippen molar-refractivity contribution < 1.29 is 34.1 Å². The van der Waals surface area contributed by atoms with Gasteiger partial charge in [0.25, 0.3) is 0 Å². The minimum absolute atomic E-state index is 0.0651. The Morgan fingerprint density at radius 2 is 0.965 bits per heavy atom. The van der Waals surface area contributed by atoms with Gasteiger partial charge in [0.2, 0.25) is 11.8 Å². The Bertz CT molecular complexity index is 1100. The Labute approximate surface area is 348 Å². The van der Waals surface area contributed by atoms with Crippen molar-refractivity contribution >= 4 is 23.8 Å². The molecule has 0 bridgehead atoms. The van der Waals surface area contributed by atoms with Crippen molar-refractivity contribution in [3.63, 3.8) is 0 Å². The molecule has 57 heavy (non-hydrogen) atoms. The Morgan fingerprint density at radius 1 is 0.526 bits per heavy atom. The van der Waals surface area contributed by atoms with Gasteiger partial charge in [-0.1, -0.05) is 146 Å². The van der Waals surface area contributed by atoms with Crippen molar-refractivity contribution in [3.8, 4) is 0 Å². The molecule has 0 radical (unpaired) electrons. The molecule has 2 unspecified atom stereocenters. The molecule has 0 aliphatic heterocycles. The number of hydrogen-bond donors (Lipinski definition) is 4. The number of carboxylic acids is 1. The van der Waals surface area contributed by atoms with E-state index in [0.717, 1.165) is 89.9 Å². The SMILES string of the molecule is CCCCCC/C=C\C/C=C\CCCCCCCC(=O)OC(CCC/C=C\C/C=C\CCCCCCC)CCCCCCCC(=O)NCC(=O)NC(CO)C(=O)O. The van der Waals surface area contributed by atoms with Gasteiger partial charge in [-0.3, -0.25) is 14.4 Å². The van der Waals surface area contributed by atoms with Crippen LogP contribution in [-0.2, 0) is 23.9 Å². The zero-order valence-electron chi connectivity index (χ0n) is 36.3. The predicted molar refractivity (Wildman–Crippen MR) is 236 cm³/mol. The zero-order valence-corrected chi connectivity index (χ0v) is 36.3. The lowest BCUT2D eigenvalue weighted by Gasteiger charge is -2.18. The molecule has 0 aliphatic carbocycles. The van der Waals surface area contributed by atoms with Gasteiger partial charge in [0.15, 0.2) is 0 Å². The van der Waals surface area contributed by atoms with Gasteiger partial charge in [-0.05, 0) is 96.3 Å². The number of amides is 2. The smallest absolute Gasteiger partial charge is 0.328 e. The normalized spacial score (nSPS) is 12.9. The maximum Gasteiger partial charge on any atom is 0.328 e. The maximum absolute atomic E-state index is 12.8. The molecule has 2 amide bonds. The van der Waals surface area contributed by atoms with Crippen LogP contribution in [0.1, 0.15) is 206 Å². The fourth-order valence-corrected chi connectivity index (χ4v) is 6.49. The van der Waals surface area contributed by atoms with E-state index >= 15 is 0 Å². The number of carbonyl (C=O) groups excluding carboxylic acids is 3. The second kappa shape index (κ2) is 42.4. The lowest BCUT2D eigenvalue weighted by molar-refractivity contribution is -0.150. The van der Waals surface area contributed by atoms with E-state index < -0.39 is 24.5 Å². The average Bonchev–Trinajstić information content (AvgIpc) is 3.20. The van der Waals surface area contributed by atoms with E-state index in [1.54, 1.807) is 0 Å². The number of carboxylic acid groups (broad SMARTS) is 1. The summed E-state index contributed by atoms with van der Waals surface area (Å²) in [7, 11) is 0. The van der Waals surface area contributed by atoms with Crippen LogP contribution in [0.2, 0.25) is 0 Å². The summed E-state index contributed by atoms with van der Waals surface area (Å²) in [5.41, 5.74) is 0. The molecule has 0 aliphatic rings. The Kier molecular flexibility index (Phi) is 40.0. The van der Waals surface area contributed by atoms with Crippen LogP contribution in [0, 0.1) is 0 Å². The molecule has 0 rings (SSSR count). The van der Waals surface area contributed by atoms with Gasteiger partial charge in [-0.2, -0.15) is 0 Å². The van der Waals surface area contributed by atoms with Crippen LogP contribution in [-0.4, -0.2) is 59.3 Å². The number of esters is 1. The molecule has 4 N–H and O–H groups in total. The van der Waals surface area contributed by atoms with E-state index in [2.05, 4.69) is 73.1 Å². The third-order valence-corrected chi connectivity index (χ3v) is 10.0. The largest absolute Gasteiger partial charge is 0.480 e. The molecule has 0 saturated heterocycles. The van der Waals surface area contributed by atoms with Crippen LogP contribution in [0.5, 0.6) is 0 Å². The molecule has 0 aromatic carbocycles. The molecular formula is C48H84N2O7. The Morgan fingerprint density at radius 3 is 1.49 bits per heavy atom. The summed E-state index contributed by atoms with van der Waals surface area (Å²) in [5.74, 6) is -2.34. The molecule has 0 saturated carbocycles. The van der Waals surface area contributed by atoms with Crippen molar-refractivity contribution in [2.24, 2.45) is 0 Å². The molecule has 0 fully saturated rings. The monoisotopic (exact) mass is 801 g/mol. The van der Waals surface area contributed by atoms with E-state index in [1.807, 2.05) is 0 Å². The van der Waals surface area contributed by atoms with Gasteiger partial charge in [0.05, 0.1) is 13.2 Å². The van der Waals surface area contributed by atoms with Crippen molar-refractivity contribution in [1.29, 1.82) is 0 Å². The Balaban J connectivity index is 4.41. The van der Waals surface area contributed by atoms with Crippen LogP contribution in [0.3, 0.4) is 0 Å². The van der Waals surface area contributed by atoms with Crippen LogP contribution in [0.4, 0.5) is 0 Å². The van der Waals surface area contributed by atoms with Crippen LogP contribution < -0.4 is 10.6 Å². The molecule has 0 spiro atoms. The molecule has 0 heterocycles. The van der Waals surface area contributed by atoms with E-state index in [9.17, 15) is 19.2 Å². The summed E-state index contributed by atoms with van der Waals surface area (Å²) in [6, 6.07) is -1.39. The zero-order chi connectivity index (χ0) is 41.9. The first-order chi connectivity index (χ1) is 27.8. The van der Waals surface area contributed by atoms with Gasteiger partial charge >= 0.3 is 11.9 Å². The van der Waals surface area contributed by atoms with E-state index in [4.69, 9.17) is 14.9 Å². The van der Waals surface area contributed by atoms with E-state index in [1.165, 1.54) is 83.5 Å². The first-order valence-electron chi connectivity index (χ1n) is 23.0. The minimum Gasteiger partial charge on any atom is -0.480 e. The Hall–Kier alpha value is -3.20. The second-order valence-electron chi connectivity index (χ2n) is 15.5. The van der Waals surface area contributed by atoms with Crippen LogP contribution in [0.25, 0.3) is 0 Å². The number of hydrogen-bond acceptors (Lipinski definition) is 6. The van der Waals surface area contributed by atoms with E-state index in [0.29, 0.717) is 12.8 Å². The lowest BCUT2D eigenvalue weighted by atomic mass is 10.0. The third kappa shape index (κ3) is 39.4. The highest BCUT2D eigenvalue weighted by Crippen LogP contribution is 2.18. The molecule has 0 aromatic rings. The molecule has 9 heteroatoms. The number of aliphatic carboxylic acids is 1. The topological polar surface area (TPSA) is 142 Å². The fraction of sp³-hybridized carbons (Fsp3) is 0.750. The van der Waals surface area contributed by atoms with Crippen molar-refractivity contribution in [3.05, 3.63) is 48.6 Å². The molecular weight excluding hydrogens is 717 g/mol. The van der Waals surface area contributed by atoms with Gasteiger partial charge in [0.1, 0.15) is 12.1 Å². The highest BCUT2D eigenvalue weighted by atomic mass is 16.5. The fourth-order valence-electron chi connectivity index (χ4n) is 6.49. The van der Waals surface area contributed by atoms with Crippen molar-refractivity contribution in [2.45, 2.75) is 219 Å². The average molecular weight is 801 g/mol. The second-order valence-corrected chi connectivity index (χ2v) is 15.5. The summed E-state index contributed by atoms with van der Waals surface area (Å²) in [4.78, 5) is 47.6. The van der Waals surface area contributed by atoms with Gasteiger partial charge in [-0.15, -0.1) is 0 Å². The number of aliphatic hydroxyl groups is 1. The molecule has 328 valence electrons.